The van der Waals surface area contributed by atoms with E-state index in [0.29, 0.717) is 6.42 Å². The number of fused-ring (bicyclic) bond motifs is 2. The van der Waals surface area contributed by atoms with Crippen LogP contribution in [0.15, 0.2) is 33.8 Å². The van der Waals surface area contributed by atoms with Gasteiger partial charge in [-0.2, -0.15) is 10.1 Å². The van der Waals surface area contributed by atoms with Gasteiger partial charge in [0.2, 0.25) is 0 Å². The van der Waals surface area contributed by atoms with Crippen LogP contribution in [0.4, 0.5) is 0 Å². The number of piperidine rings is 1. The molecule has 5 heteroatoms. The summed E-state index contributed by atoms with van der Waals surface area (Å²) in [5.41, 5.74) is 0.702. The third-order valence-corrected chi connectivity index (χ3v) is 5.92. The van der Waals surface area contributed by atoms with Crippen LogP contribution in [0.2, 0.25) is 0 Å². The van der Waals surface area contributed by atoms with Crippen molar-refractivity contribution in [3.63, 3.8) is 0 Å². The summed E-state index contributed by atoms with van der Waals surface area (Å²) in [6, 6.07) is 7.56. The van der Waals surface area contributed by atoms with Crippen molar-refractivity contribution in [1.82, 2.24) is 5.01 Å². The number of hydrogen-bond donors (Lipinski definition) is 0. The molecule has 1 aromatic carbocycles. The predicted octanol–water partition coefficient (Wildman–Crippen LogP) is 3.45. The molecule has 2 aliphatic rings. The molecule has 0 spiro atoms. The van der Waals surface area contributed by atoms with Crippen molar-refractivity contribution in [3.05, 3.63) is 34.3 Å². The number of hydrazone groups is 1. The molecule has 116 valence electrons. The highest BCUT2D eigenvalue weighted by atomic mass is 79.9. The highest BCUT2D eigenvalue weighted by Gasteiger charge is 2.58. The van der Waals surface area contributed by atoms with E-state index in [0.717, 1.165) is 15.0 Å². The van der Waals surface area contributed by atoms with Crippen LogP contribution < -0.4 is 0 Å². The van der Waals surface area contributed by atoms with Crippen molar-refractivity contribution in [1.29, 1.82) is 0 Å². The second-order valence-electron chi connectivity index (χ2n) is 6.79. The van der Waals surface area contributed by atoms with Crippen molar-refractivity contribution in [3.8, 4) is 0 Å². The van der Waals surface area contributed by atoms with E-state index in [-0.39, 0.29) is 35.0 Å². The molecular weight excluding hydrogens is 344 g/mol. The molecule has 3 atom stereocenters. The molecule has 3 unspecified atom stereocenters. The van der Waals surface area contributed by atoms with Crippen LogP contribution in [0, 0.1) is 23.2 Å². The van der Waals surface area contributed by atoms with Crippen LogP contribution >= 0.6 is 15.9 Å². The lowest BCUT2D eigenvalue weighted by atomic mass is 9.75. The van der Waals surface area contributed by atoms with Gasteiger partial charge < -0.3 is 0 Å². The largest absolute Gasteiger partial charge is 0.272 e. The van der Waals surface area contributed by atoms with Gasteiger partial charge in [-0.05, 0) is 35.4 Å². The molecule has 2 bridgehead atoms. The van der Waals surface area contributed by atoms with Gasteiger partial charge in [0.05, 0.1) is 6.21 Å². The maximum Gasteiger partial charge on any atom is 0.253 e. The fourth-order valence-electron chi connectivity index (χ4n) is 3.53. The van der Waals surface area contributed by atoms with E-state index in [2.05, 4.69) is 41.8 Å². The lowest BCUT2D eigenvalue weighted by molar-refractivity contribution is -0.153. The molecule has 1 saturated carbocycles. The Balaban J connectivity index is 1.87. The van der Waals surface area contributed by atoms with Crippen LogP contribution in [0.1, 0.15) is 32.8 Å². The molecule has 0 radical (unpaired) electrons. The fraction of sp³-hybridized carbons (Fsp3) is 0.471. The second kappa shape index (κ2) is 5.30. The Morgan fingerprint density at radius 2 is 1.86 bits per heavy atom. The smallest absolute Gasteiger partial charge is 0.253 e. The minimum absolute atomic E-state index is 0.0974. The molecule has 0 aromatic heterocycles. The summed E-state index contributed by atoms with van der Waals surface area (Å²) in [6.07, 6.45) is 2.24. The molecule has 1 aromatic rings. The Morgan fingerprint density at radius 1 is 1.23 bits per heavy atom. The van der Waals surface area contributed by atoms with Crippen molar-refractivity contribution in [2.45, 2.75) is 27.2 Å². The first kappa shape index (κ1) is 15.4. The number of carbonyl (C=O) groups is 2. The molecule has 2 amide bonds. The van der Waals surface area contributed by atoms with Crippen molar-refractivity contribution in [2.75, 3.05) is 0 Å². The maximum atomic E-state index is 12.6. The van der Waals surface area contributed by atoms with Gasteiger partial charge in [0.15, 0.2) is 0 Å². The summed E-state index contributed by atoms with van der Waals surface area (Å²) in [6.45, 7) is 6.22. The predicted molar refractivity (Wildman–Crippen MR) is 88.1 cm³/mol. The van der Waals surface area contributed by atoms with E-state index >= 15 is 0 Å². The molecule has 22 heavy (non-hydrogen) atoms. The van der Waals surface area contributed by atoms with Gasteiger partial charge in [0, 0.05) is 16.3 Å². The minimum atomic E-state index is -0.163. The maximum absolute atomic E-state index is 12.6. The zero-order chi connectivity index (χ0) is 16.1. The summed E-state index contributed by atoms with van der Waals surface area (Å²) in [7, 11) is 0. The van der Waals surface area contributed by atoms with E-state index in [4.69, 9.17) is 0 Å². The SMILES string of the molecule is CC1C2CC(C(=O)N(/N=C/c3ccc(Br)cc3)C2=O)C1(C)C. The van der Waals surface area contributed by atoms with E-state index < -0.39 is 0 Å². The molecule has 1 aliphatic carbocycles. The molecule has 1 saturated heterocycles. The van der Waals surface area contributed by atoms with E-state index in [1.54, 1.807) is 6.21 Å². The van der Waals surface area contributed by atoms with E-state index in [1.165, 1.54) is 0 Å². The number of benzene rings is 1. The Kier molecular flexibility index (Phi) is 3.71. The third-order valence-electron chi connectivity index (χ3n) is 5.39. The van der Waals surface area contributed by atoms with Gasteiger partial charge in [0.1, 0.15) is 0 Å². The Bertz CT molecular complexity index is 651. The summed E-state index contributed by atoms with van der Waals surface area (Å²) in [4.78, 5) is 25.2. The Morgan fingerprint density at radius 3 is 2.50 bits per heavy atom. The van der Waals surface area contributed by atoms with Crippen LogP contribution in [0.25, 0.3) is 0 Å². The number of hydrogen-bond acceptors (Lipinski definition) is 3. The van der Waals surface area contributed by atoms with Gasteiger partial charge in [0.25, 0.3) is 11.8 Å². The van der Waals surface area contributed by atoms with E-state index in [1.807, 2.05) is 24.3 Å². The zero-order valence-corrected chi connectivity index (χ0v) is 14.5. The van der Waals surface area contributed by atoms with Crippen molar-refractivity contribution < 1.29 is 9.59 Å². The number of rotatable bonds is 2. The highest BCUT2D eigenvalue weighted by molar-refractivity contribution is 9.10. The molecule has 2 fully saturated rings. The molecular formula is C17H19BrN2O2. The number of carbonyl (C=O) groups excluding carboxylic acids is 2. The van der Waals surface area contributed by atoms with Gasteiger partial charge in [-0.25, -0.2) is 0 Å². The van der Waals surface area contributed by atoms with E-state index in [9.17, 15) is 9.59 Å². The van der Waals surface area contributed by atoms with Gasteiger partial charge >= 0.3 is 0 Å². The highest BCUT2D eigenvalue weighted by Crippen LogP contribution is 2.54. The number of imide groups is 1. The average Bonchev–Trinajstić information content (AvgIpc) is 2.69. The van der Waals surface area contributed by atoms with Crippen molar-refractivity contribution in [2.24, 2.45) is 28.3 Å². The van der Waals surface area contributed by atoms with Crippen LogP contribution in [0.3, 0.4) is 0 Å². The van der Waals surface area contributed by atoms with Gasteiger partial charge in [-0.1, -0.05) is 48.8 Å². The third kappa shape index (κ3) is 2.32. The lowest BCUT2D eigenvalue weighted by Crippen LogP contribution is -2.44. The monoisotopic (exact) mass is 362 g/mol. The summed E-state index contributed by atoms with van der Waals surface area (Å²) in [5, 5.41) is 5.27. The molecule has 0 N–H and O–H groups in total. The minimum Gasteiger partial charge on any atom is -0.272 e. The van der Waals surface area contributed by atoms with Crippen LogP contribution in [-0.4, -0.2) is 23.0 Å². The van der Waals surface area contributed by atoms with Gasteiger partial charge in [-0.3, -0.25) is 9.59 Å². The quantitative estimate of drug-likeness (QED) is 0.597. The first-order valence-electron chi connectivity index (χ1n) is 7.49. The standard InChI is InChI=1S/C17H19BrN2O2/c1-10-13-8-14(17(10,2)3)16(22)20(15(13)21)19-9-11-4-6-12(18)7-5-11/h4-7,9-10,13-14H,8H2,1-3H3/b19-9+. The zero-order valence-electron chi connectivity index (χ0n) is 12.9. The molecule has 4 nitrogen and oxygen atoms in total. The Hall–Kier alpha value is -1.49. The summed E-state index contributed by atoms with van der Waals surface area (Å²) in [5.74, 6) is -0.342. The first-order valence-corrected chi connectivity index (χ1v) is 8.29. The molecule has 1 aliphatic heterocycles. The fourth-order valence-corrected chi connectivity index (χ4v) is 3.80. The van der Waals surface area contributed by atoms with Crippen LogP contribution in [-0.2, 0) is 9.59 Å². The summed E-state index contributed by atoms with van der Waals surface area (Å²) >= 11 is 3.37. The lowest BCUT2D eigenvalue weighted by Gasteiger charge is -2.30. The number of amides is 2. The Labute approximate surface area is 138 Å². The topological polar surface area (TPSA) is 49.7 Å². The normalized spacial score (nSPS) is 30.4. The second-order valence-corrected chi connectivity index (χ2v) is 7.70. The molecule has 3 rings (SSSR count). The van der Waals surface area contributed by atoms with Crippen molar-refractivity contribution >= 4 is 34.0 Å². The van der Waals surface area contributed by atoms with Gasteiger partial charge in [-0.15, -0.1) is 0 Å². The van der Waals surface area contributed by atoms with Crippen LogP contribution in [0.5, 0.6) is 0 Å². The number of halogens is 1. The molecule has 1 heterocycles. The number of nitrogens with zero attached hydrogens (tertiary/aromatic N) is 2. The average molecular weight is 363 g/mol. The summed E-state index contributed by atoms with van der Waals surface area (Å²) < 4.78 is 0.975. The first-order chi connectivity index (χ1) is 10.3.